The SMILES string of the molecule is O=C(CCC(F)(F)F)N1CC(c2ccc(F)nc2)C1. The number of likely N-dealkylation sites (tertiary alicyclic amines) is 1. The van der Waals surface area contributed by atoms with Crippen LogP contribution in [0.2, 0.25) is 0 Å². The van der Waals surface area contributed by atoms with Gasteiger partial charge in [0.2, 0.25) is 11.9 Å². The summed E-state index contributed by atoms with van der Waals surface area (Å²) < 4.78 is 48.5. The van der Waals surface area contributed by atoms with Crippen LogP contribution in [0.4, 0.5) is 17.6 Å². The fourth-order valence-electron chi connectivity index (χ4n) is 1.93. The molecule has 1 fully saturated rings. The van der Waals surface area contributed by atoms with Crippen LogP contribution in [0.3, 0.4) is 0 Å². The van der Waals surface area contributed by atoms with Gasteiger partial charge in [-0.05, 0) is 11.6 Å². The second kappa shape index (κ2) is 5.14. The van der Waals surface area contributed by atoms with E-state index >= 15 is 0 Å². The molecule has 0 spiro atoms. The van der Waals surface area contributed by atoms with Crippen LogP contribution in [0.15, 0.2) is 18.3 Å². The lowest BCUT2D eigenvalue weighted by Crippen LogP contribution is -2.48. The smallest absolute Gasteiger partial charge is 0.341 e. The third-order valence-electron chi connectivity index (χ3n) is 3.08. The fourth-order valence-corrected chi connectivity index (χ4v) is 1.93. The van der Waals surface area contributed by atoms with E-state index in [0.717, 1.165) is 5.56 Å². The number of carbonyl (C=O) groups excluding carboxylic acids is 1. The molecule has 19 heavy (non-hydrogen) atoms. The minimum absolute atomic E-state index is 0.0305. The Labute approximate surface area is 107 Å². The van der Waals surface area contributed by atoms with Gasteiger partial charge in [0, 0.05) is 31.6 Å². The first kappa shape index (κ1) is 13.8. The molecule has 1 aromatic rings. The van der Waals surface area contributed by atoms with Crippen molar-refractivity contribution in [2.75, 3.05) is 13.1 Å². The van der Waals surface area contributed by atoms with Crippen LogP contribution in [-0.4, -0.2) is 35.1 Å². The molecule has 3 nitrogen and oxygen atoms in total. The third-order valence-corrected chi connectivity index (χ3v) is 3.08. The summed E-state index contributed by atoms with van der Waals surface area (Å²) in [4.78, 5) is 16.3. The number of rotatable bonds is 3. The Hall–Kier alpha value is -1.66. The highest BCUT2D eigenvalue weighted by Crippen LogP contribution is 2.28. The van der Waals surface area contributed by atoms with Crippen LogP contribution >= 0.6 is 0 Å². The van der Waals surface area contributed by atoms with Crippen LogP contribution in [-0.2, 0) is 4.79 Å². The molecule has 0 unspecified atom stereocenters. The molecule has 1 amide bonds. The zero-order valence-electron chi connectivity index (χ0n) is 9.95. The Bertz CT molecular complexity index is 452. The Balaban J connectivity index is 1.79. The number of hydrogen-bond donors (Lipinski definition) is 0. The summed E-state index contributed by atoms with van der Waals surface area (Å²) in [6.07, 6.45) is -4.53. The van der Waals surface area contributed by atoms with Gasteiger partial charge >= 0.3 is 6.18 Å². The van der Waals surface area contributed by atoms with E-state index in [9.17, 15) is 22.4 Å². The van der Waals surface area contributed by atoms with Gasteiger partial charge < -0.3 is 4.90 Å². The van der Waals surface area contributed by atoms with Crippen molar-refractivity contribution in [3.8, 4) is 0 Å². The molecular formula is C12H12F4N2O. The monoisotopic (exact) mass is 276 g/mol. The van der Waals surface area contributed by atoms with Crippen LogP contribution in [0.1, 0.15) is 24.3 Å². The summed E-state index contributed by atoms with van der Waals surface area (Å²) in [5.41, 5.74) is 0.793. The van der Waals surface area contributed by atoms with E-state index in [2.05, 4.69) is 4.98 Å². The van der Waals surface area contributed by atoms with Gasteiger partial charge in [0.25, 0.3) is 0 Å². The average Bonchev–Trinajstić information content (AvgIpc) is 2.26. The van der Waals surface area contributed by atoms with Crippen molar-refractivity contribution < 1.29 is 22.4 Å². The van der Waals surface area contributed by atoms with E-state index < -0.39 is 30.9 Å². The number of aromatic nitrogens is 1. The predicted octanol–water partition coefficient (Wildman–Crippen LogP) is 2.49. The first-order valence-corrected chi connectivity index (χ1v) is 5.81. The maximum absolute atomic E-state index is 12.6. The molecule has 0 bridgehead atoms. The molecule has 1 aliphatic rings. The molecule has 0 atom stereocenters. The number of hydrogen-bond acceptors (Lipinski definition) is 2. The average molecular weight is 276 g/mol. The van der Waals surface area contributed by atoms with E-state index in [1.165, 1.54) is 17.2 Å². The quantitative estimate of drug-likeness (QED) is 0.627. The van der Waals surface area contributed by atoms with Crippen molar-refractivity contribution >= 4 is 5.91 Å². The Morgan fingerprint density at radius 1 is 1.37 bits per heavy atom. The molecule has 1 aromatic heterocycles. The van der Waals surface area contributed by atoms with Crippen molar-refractivity contribution in [1.82, 2.24) is 9.88 Å². The molecule has 1 saturated heterocycles. The normalized spacial score (nSPS) is 16.3. The molecule has 0 aromatic carbocycles. The number of nitrogens with zero attached hydrogens (tertiary/aromatic N) is 2. The van der Waals surface area contributed by atoms with E-state index in [1.807, 2.05) is 0 Å². The Morgan fingerprint density at radius 2 is 2.05 bits per heavy atom. The largest absolute Gasteiger partial charge is 0.389 e. The van der Waals surface area contributed by atoms with Gasteiger partial charge in [-0.1, -0.05) is 6.07 Å². The van der Waals surface area contributed by atoms with Crippen molar-refractivity contribution in [2.24, 2.45) is 0 Å². The van der Waals surface area contributed by atoms with Gasteiger partial charge in [-0.15, -0.1) is 0 Å². The molecule has 0 N–H and O–H groups in total. The standard InChI is InChI=1S/C12H12F4N2O/c13-10-2-1-8(5-17-10)9-6-18(7-9)11(19)3-4-12(14,15)16/h1-2,5,9H,3-4,6-7H2. The number of amides is 1. The number of carbonyl (C=O) groups is 1. The Morgan fingerprint density at radius 3 is 2.58 bits per heavy atom. The van der Waals surface area contributed by atoms with Gasteiger partial charge in [0.1, 0.15) is 0 Å². The molecule has 1 aliphatic heterocycles. The van der Waals surface area contributed by atoms with Gasteiger partial charge in [-0.3, -0.25) is 4.79 Å². The minimum atomic E-state index is -4.30. The van der Waals surface area contributed by atoms with Crippen molar-refractivity contribution in [3.63, 3.8) is 0 Å². The third kappa shape index (κ3) is 3.65. The van der Waals surface area contributed by atoms with Gasteiger partial charge in [-0.25, -0.2) is 4.98 Å². The summed E-state index contributed by atoms with van der Waals surface area (Å²) in [7, 11) is 0. The maximum Gasteiger partial charge on any atom is 0.389 e. The van der Waals surface area contributed by atoms with E-state index in [4.69, 9.17) is 0 Å². The predicted molar refractivity (Wildman–Crippen MR) is 58.8 cm³/mol. The molecular weight excluding hydrogens is 264 g/mol. The van der Waals surface area contributed by atoms with Crippen LogP contribution < -0.4 is 0 Å². The lowest BCUT2D eigenvalue weighted by molar-refractivity contribution is -0.151. The van der Waals surface area contributed by atoms with Gasteiger partial charge in [-0.2, -0.15) is 17.6 Å². The van der Waals surface area contributed by atoms with Crippen LogP contribution in [0, 0.1) is 5.95 Å². The molecule has 7 heteroatoms. The molecule has 2 heterocycles. The van der Waals surface area contributed by atoms with Gasteiger partial charge in [0.05, 0.1) is 6.42 Å². The molecule has 0 saturated carbocycles. The Kier molecular flexibility index (Phi) is 3.73. The summed E-state index contributed by atoms with van der Waals surface area (Å²) >= 11 is 0. The molecule has 2 rings (SSSR count). The fraction of sp³-hybridized carbons (Fsp3) is 0.500. The first-order chi connectivity index (χ1) is 8.85. The topological polar surface area (TPSA) is 33.2 Å². The van der Waals surface area contributed by atoms with Gasteiger partial charge in [0.15, 0.2) is 0 Å². The summed E-state index contributed by atoms with van der Waals surface area (Å²) in [6, 6.07) is 2.80. The van der Waals surface area contributed by atoms with Crippen LogP contribution in [0.25, 0.3) is 0 Å². The number of halogens is 4. The highest BCUT2D eigenvalue weighted by molar-refractivity contribution is 5.77. The molecule has 104 valence electrons. The lowest BCUT2D eigenvalue weighted by atomic mass is 9.92. The van der Waals surface area contributed by atoms with Crippen molar-refractivity contribution in [2.45, 2.75) is 24.9 Å². The van der Waals surface area contributed by atoms with Crippen LogP contribution in [0.5, 0.6) is 0 Å². The zero-order valence-corrected chi connectivity index (χ0v) is 9.95. The maximum atomic E-state index is 12.6. The van der Waals surface area contributed by atoms with Crippen molar-refractivity contribution in [1.29, 1.82) is 0 Å². The van der Waals surface area contributed by atoms with E-state index in [0.29, 0.717) is 13.1 Å². The van der Waals surface area contributed by atoms with E-state index in [1.54, 1.807) is 6.07 Å². The van der Waals surface area contributed by atoms with E-state index in [-0.39, 0.29) is 5.92 Å². The summed E-state index contributed by atoms with van der Waals surface area (Å²) in [5, 5.41) is 0. The molecule has 0 radical (unpaired) electrons. The number of alkyl halides is 3. The lowest BCUT2D eigenvalue weighted by Gasteiger charge is -2.39. The van der Waals surface area contributed by atoms with Crippen molar-refractivity contribution in [3.05, 3.63) is 29.8 Å². The number of pyridine rings is 1. The second-order valence-corrected chi connectivity index (χ2v) is 4.53. The first-order valence-electron chi connectivity index (χ1n) is 5.81. The summed E-state index contributed by atoms with van der Waals surface area (Å²) in [5.74, 6) is -1.05. The second-order valence-electron chi connectivity index (χ2n) is 4.53. The molecule has 0 aliphatic carbocycles. The highest BCUT2D eigenvalue weighted by Gasteiger charge is 2.34. The zero-order chi connectivity index (χ0) is 14.0. The summed E-state index contributed by atoms with van der Waals surface area (Å²) in [6.45, 7) is 0.730. The minimum Gasteiger partial charge on any atom is -0.341 e. The highest BCUT2D eigenvalue weighted by atomic mass is 19.4.